The number of hydrogen-bond acceptors (Lipinski definition) is 3. The number of likely N-dealkylation sites (N-methyl/N-ethyl adjacent to an activating group) is 1. The summed E-state index contributed by atoms with van der Waals surface area (Å²) in [5.41, 5.74) is -0.747. The van der Waals surface area contributed by atoms with Crippen LogP contribution in [0.2, 0.25) is 0 Å². The number of aliphatic carboxylic acids is 1. The number of nitrogens with one attached hydrogen (secondary N) is 1. The number of aryl methyl sites for hydroxylation is 1. The molecule has 0 spiro atoms. The van der Waals surface area contributed by atoms with Crippen LogP contribution in [0.1, 0.15) is 39.9 Å². The molecule has 5 nitrogen and oxygen atoms in total. The lowest BCUT2D eigenvalue weighted by Crippen LogP contribution is -2.32. The van der Waals surface area contributed by atoms with Crippen molar-refractivity contribution in [3.05, 3.63) is 118 Å². The highest BCUT2D eigenvalue weighted by Crippen LogP contribution is 2.62. The number of halogens is 6. The van der Waals surface area contributed by atoms with Crippen molar-refractivity contribution < 1.29 is 41.0 Å². The van der Waals surface area contributed by atoms with Crippen LogP contribution in [0, 0.1) is 24.4 Å². The van der Waals surface area contributed by atoms with Crippen molar-refractivity contribution in [3.8, 4) is 0 Å². The zero-order valence-corrected chi connectivity index (χ0v) is 22.6. The SMILES string of the molecule is C=C1C(C2(c3cccc(C)c3F)CC2)=C(C(F)(F)F)c2ccccc2N1C.O=C(O)CNC(=O)c1c(F)cccc1F. The highest BCUT2D eigenvalue weighted by molar-refractivity contribution is 5.96. The third-order valence-electron chi connectivity index (χ3n) is 7.29. The Morgan fingerprint density at radius 3 is 2.14 bits per heavy atom. The fourth-order valence-corrected chi connectivity index (χ4v) is 5.13. The molecule has 1 fully saturated rings. The lowest BCUT2D eigenvalue weighted by Gasteiger charge is -2.38. The first kappa shape index (κ1) is 30.4. The summed E-state index contributed by atoms with van der Waals surface area (Å²) in [4.78, 5) is 22.9. The number of benzene rings is 3. The highest BCUT2D eigenvalue weighted by Gasteiger charge is 2.56. The number of hydrogen-bond donors (Lipinski definition) is 2. The molecule has 1 amide bonds. The van der Waals surface area contributed by atoms with Crippen molar-refractivity contribution in [2.24, 2.45) is 0 Å². The number of carbonyl (C=O) groups is 2. The lowest BCUT2D eigenvalue weighted by atomic mass is 9.78. The number of carboxylic acid groups (broad SMARTS) is 1. The molecule has 0 bridgehead atoms. The van der Waals surface area contributed by atoms with Gasteiger partial charge in [-0.1, -0.05) is 49.0 Å². The Kier molecular flexibility index (Phi) is 8.25. The molecular weight excluding hydrogens is 562 g/mol. The molecule has 220 valence electrons. The van der Waals surface area contributed by atoms with Gasteiger partial charge in [-0.2, -0.15) is 13.2 Å². The summed E-state index contributed by atoms with van der Waals surface area (Å²) >= 11 is 0. The number of rotatable bonds is 5. The van der Waals surface area contributed by atoms with Gasteiger partial charge in [-0.25, -0.2) is 13.2 Å². The molecule has 0 atom stereocenters. The van der Waals surface area contributed by atoms with Gasteiger partial charge in [0.2, 0.25) is 0 Å². The second-order valence-electron chi connectivity index (χ2n) is 9.96. The molecule has 2 aliphatic rings. The van der Waals surface area contributed by atoms with E-state index in [0.717, 1.165) is 18.2 Å². The Balaban J connectivity index is 0.000000230. The van der Waals surface area contributed by atoms with E-state index in [1.54, 1.807) is 55.3 Å². The topological polar surface area (TPSA) is 69.6 Å². The Hall–Kier alpha value is -4.54. The van der Waals surface area contributed by atoms with Crippen LogP contribution in [0.3, 0.4) is 0 Å². The van der Waals surface area contributed by atoms with E-state index in [0.29, 0.717) is 29.7 Å². The van der Waals surface area contributed by atoms with Gasteiger partial charge in [0.1, 0.15) is 29.6 Å². The number of allylic oxidation sites excluding steroid dienone is 2. The maximum absolute atomic E-state index is 14.9. The van der Waals surface area contributed by atoms with Crippen molar-refractivity contribution in [1.82, 2.24) is 5.32 Å². The monoisotopic (exact) mass is 588 g/mol. The molecule has 5 rings (SSSR count). The molecule has 0 radical (unpaired) electrons. The minimum Gasteiger partial charge on any atom is -0.480 e. The fourth-order valence-electron chi connectivity index (χ4n) is 5.13. The van der Waals surface area contributed by atoms with Crippen LogP contribution >= 0.6 is 0 Å². The Morgan fingerprint density at radius 1 is 0.976 bits per heavy atom. The summed E-state index contributed by atoms with van der Waals surface area (Å²) < 4.78 is 83.5. The van der Waals surface area contributed by atoms with Crippen molar-refractivity contribution in [3.63, 3.8) is 0 Å². The number of alkyl halides is 3. The lowest BCUT2D eigenvalue weighted by molar-refractivity contribution is -0.135. The van der Waals surface area contributed by atoms with Gasteiger partial charge in [-0.05, 0) is 54.7 Å². The minimum absolute atomic E-state index is 0.0979. The standard InChI is InChI=1S/C22H19F4N.C9H7F2NO3/c1-13-7-6-9-16(20(13)23)21(11-12-21)18-14(2)27(3)17-10-5-4-8-15(17)19(18)22(24,25)26;10-5-2-1-3-6(11)8(5)9(15)12-4-7(13)14/h4-10H,2,11-12H2,1,3H3;1-3H,4H2,(H,12,15)(H,13,14). The summed E-state index contributed by atoms with van der Waals surface area (Å²) in [7, 11) is 1.71. The fraction of sp³-hybridized carbons (Fsp3) is 0.226. The molecule has 0 aromatic heterocycles. The highest BCUT2D eigenvalue weighted by atomic mass is 19.4. The van der Waals surface area contributed by atoms with Crippen LogP contribution < -0.4 is 10.2 Å². The van der Waals surface area contributed by atoms with Crippen LogP contribution in [0.4, 0.5) is 32.0 Å². The quantitative estimate of drug-likeness (QED) is 0.318. The minimum atomic E-state index is -4.56. The average molecular weight is 589 g/mol. The number of nitrogens with zero attached hydrogens (tertiary/aromatic N) is 1. The average Bonchev–Trinajstić information content (AvgIpc) is 3.72. The van der Waals surface area contributed by atoms with E-state index in [-0.39, 0.29) is 16.8 Å². The van der Waals surface area contributed by atoms with Gasteiger partial charge in [0.05, 0.1) is 5.57 Å². The molecular formula is C31H26F6N2O3. The Bertz CT molecular complexity index is 1590. The van der Waals surface area contributed by atoms with E-state index in [4.69, 9.17) is 5.11 Å². The van der Waals surface area contributed by atoms with Crippen molar-refractivity contribution in [1.29, 1.82) is 0 Å². The largest absolute Gasteiger partial charge is 0.480 e. The van der Waals surface area contributed by atoms with Gasteiger partial charge >= 0.3 is 12.1 Å². The molecule has 1 aliphatic carbocycles. The number of carbonyl (C=O) groups excluding carboxylic acids is 1. The summed E-state index contributed by atoms with van der Waals surface area (Å²) in [6.07, 6.45) is -3.62. The zero-order chi connectivity index (χ0) is 31.0. The molecule has 1 saturated carbocycles. The van der Waals surface area contributed by atoms with Gasteiger partial charge in [0.15, 0.2) is 0 Å². The summed E-state index contributed by atoms with van der Waals surface area (Å²) in [6, 6.07) is 14.3. The second-order valence-corrected chi connectivity index (χ2v) is 9.96. The van der Waals surface area contributed by atoms with Gasteiger partial charge in [0, 0.05) is 29.4 Å². The van der Waals surface area contributed by atoms with E-state index in [1.165, 1.54) is 6.07 Å². The maximum atomic E-state index is 14.9. The summed E-state index contributed by atoms with van der Waals surface area (Å²) in [6.45, 7) is 4.91. The van der Waals surface area contributed by atoms with Gasteiger partial charge < -0.3 is 15.3 Å². The van der Waals surface area contributed by atoms with Gasteiger partial charge in [0.25, 0.3) is 5.91 Å². The zero-order valence-electron chi connectivity index (χ0n) is 22.6. The van der Waals surface area contributed by atoms with Crippen LogP contribution in [0.25, 0.3) is 5.57 Å². The molecule has 11 heteroatoms. The molecule has 0 saturated heterocycles. The van der Waals surface area contributed by atoms with Crippen LogP contribution in [-0.2, 0) is 10.2 Å². The molecule has 1 aliphatic heterocycles. The first-order valence-corrected chi connectivity index (χ1v) is 12.7. The molecule has 3 aromatic carbocycles. The van der Waals surface area contributed by atoms with Crippen LogP contribution in [-0.4, -0.2) is 36.8 Å². The van der Waals surface area contributed by atoms with Crippen molar-refractivity contribution in [2.75, 3.05) is 18.5 Å². The molecule has 3 aromatic rings. The van der Waals surface area contributed by atoms with Crippen LogP contribution in [0.5, 0.6) is 0 Å². The van der Waals surface area contributed by atoms with Gasteiger partial charge in [-0.3, -0.25) is 9.59 Å². The third-order valence-corrected chi connectivity index (χ3v) is 7.29. The van der Waals surface area contributed by atoms with E-state index in [1.807, 2.05) is 5.32 Å². The van der Waals surface area contributed by atoms with Gasteiger partial charge in [-0.15, -0.1) is 0 Å². The first-order chi connectivity index (χ1) is 19.7. The molecule has 2 N–H and O–H groups in total. The number of carboxylic acids is 1. The summed E-state index contributed by atoms with van der Waals surface area (Å²) in [5.74, 6) is -4.87. The van der Waals surface area contributed by atoms with E-state index >= 15 is 0 Å². The smallest absolute Gasteiger partial charge is 0.417 e. The van der Waals surface area contributed by atoms with Crippen LogP contribution in [0.15, 0.2) is 78.5 Å². The Morgan fingerprint density at radius 2 is 1.57 bits per heavy atom. The third kappa shape index (κ3) is 5.63. The van der Waals surface area contributed by atoms with E-state index in [2.05, 4.69) is 6.58 Å². The first-order valence-electron chi connectivity index (χ1n) is 12.7. The van der Waals surface area contributed by atoms with Crippen molar-refractivity contribution >= 4 is 23.1 Å². The number of para-hydroxylation sites is 1. The van der Waals surface area contributed by atoms with Crippen molar-refractivity contribution in [2.45, 2.75) is 31.4 Å². The number of fused-ring (bicyclic) bond motifs is 1. The number of anilines is 1. The second kappa shape index (κ2) is 11.4. The molecule has 0 unspecified atom stereocenters. The Labute approximate surface area is 237 Å². The maximum Gasteiger partial charge on any atom is 0.417 e. The molecule has 42 heavy (non-hydrogen) atoms. The normalized spacial score (nSPS) is 15.4. The van der Waals surface area contributed by atoms with E-state index in [9.17, 15) is 35.9 Å². The molecule has 1 heterocycles. The predicted octanol–water partition coefficient (Wildman–Crippen LogP) is 6.92. The predicted molar refractivity (Wildman–Crippen MR) is 145 cm³/mol. The number of amides is 1. The van der Waals surface area contributed by atoms with E-state index < -0.39 is 58.6 Å². The summed E-state index contributed by atoms with van der Waals surface area (Å²) in [5, 5.41) is 10.1.